The molecule has 0 spiro atoms. The van der Waals surface area contributed by atoms with Crippen LogP contribution in [0.25, 0.3) is 55.7 Å². The zero-order valence-corrected chi connectivity index (χ0v) is 17.5. The largest absolute Gasteiger partial charge is 0.495 e. The third kappa shape index (κ3) is 3.28. The number of halogens is 1. The average Bonchev–Trinajstić information content (AvgIpc) is 3.47. The minimum absolute atomic E-state index is 0.280. The third-order valence-corrected chi connectivity index (χ3v) is 5.62. The lowest BCUT2D eigenvalue weighted by Crippen LogP contribution is -1.87. The Morgan fingerprint density at radius 2 is 1.76 bits per heavy atom. The van der Waals surface area contributed by atoms with Crippen molar-refractivity contribution >= 4 is 22.1 Å². The van der Waals surface area contributed by atoms with Gasteiger partial charge in [-0.05, 0) is 47.5 Å². The summed E-state index contributed by atoms with van der Waals surface area (Å²) in [5.74, 6) is 0.392. The second-order valence-corrected chi connectivity index (χ2v) is 7.62. The first-order valence-electron chi connectivity index (χ1n) is 10.3. The van der Waals surface area contributed by atoms with Crippen molar-refractivity contribution in [2.24, 2.45) is 0 Å². The number of methoxy groups -OCH3 is 1. The van der Waals surface area contributed by atoms with Crippen molar-refractivity contribution in [1.29, 1.82) is 0 Å². The monoisotopic (exact) mass is 436 g/mol. The van der Waals surface area contributed by atoms with Gasteiger partial charge in [0.1, 0.15) is 22.9 Å². The van der Waals surface area contributed by atoms with Crippen LogP contribution in [0.2, 0.25) is 0 Å². The summed E-state index contributed by atoms with van der Waals surface area (Å²) in [7, 11) is 1.61. The lowest BCUT2D eigenvalue weighted by atomic mass is 10.0. The van der Waals surface area contributed by atoms with Crippen molar-refractivity contribution in [2.75, 3.05) is 7.11 Å². The zero-order valence-electron chi connectivity index (χ0n) is 17.5. The molecule has 5 heterocycles. The maximum Gasteiger partial charge on any atom is 0.155 e. The van der Waals surface area contributed by atoms with Crippen LogP contribution >= 0.6 is 0 Å². The highest BCUT2D eigenvalue weighted by atomic mass is 19.1. The van der Waals surface area contributed by atoms with E-state index in [2.05, 4.69) is 30.1 Å². The molecule has 5 aromatic heterocycles. The molecule has 0 aliphatic rings. The van der Waals surface area contributed by atoms with Crippen molar-refractivity contribution in [3.63, 3.8) is 0 Å². The molecule has 0 unspecified atom stereocenters. The SMILES string of the molecule is COc1cncc(-c2cnc3[nH]nc(-c4cc5c(-c6cccc(F)c6)ccnc5[nH]4)c3c2)c1. The average molecular weight is 436 g/mol. The van der Waals surface area contributed by atoms with Gasteiger partial charge in [0.2, 0.25) is 0 Å². The maximum atomic E-state index is 13.8. The van der Waals surface area contributed by atoms with Crippen LogP contribution in [0.1, 0.15) is 0 Å². The number of fused-ring (bicyclic) bond motifs is 2. The summed E-state index contributed by atoms with van der Waals surface area (Å²) in [5.41, 5.74) is 6.34. The minimum atomic E-state index is -0.280. The molecule has 0 saturated heterocycles. The molecule has 0 atom stereocenters. The van der Waals surface area contributed by atoms with E-state index < -0.39 is 0 Å². The maximum absolute atomic E-state index is 13.8. The quantitative estimate of drug-likeness (QED) is 0.387. The first-order valence-corrected chi connectivity index (χ1v) is 10.3. The van der Waals surface area contributed by atoms with Gasteiger partial charge in [-0.2, -0.15) is 5.10 Å². The molecule has 8 heteroatoms. The molecule has 2 N–H and O–H groups in total. The van der Waals surface area contributed by atoms with Crippen molar-refractivity contribution in [3.05, 3.63) is 79.1 Å². The number of benzene rings is 1. The van der Waals surface area contributed by atoms with E-state index in [-0.39, 0.29) is 5.82 Å². The normalized spacial score (nSPS) is 11.3. The summed E-state index contributed by atoms with van der Waals surface area (Å²) in [6.45, 7) is 0. The van der Waals surface area contributed by atoms with E-state index in [1.165, 1.54) is 12.1 Å². The van der Waals surface area contributed by atoms with E-state index >= 15 is 0 Å². The Balaban J connectivity index is 1.49. The van der Waals surface area contributed by atoms with Gasteiger partial charge in [0, 0.05) is 40.5 Å². The van der Waals surface area contributed by atoms with Crippen molar-refractivity contribution < 1.29 is 9.13 Å². The number of ether oxygens (including phenoxy) is 1. The first-order chi connectivity index (χ1) is 16.2. The van der Waals surface area contributed by atoms with E-state index in [0.717, 1.165) is 44.4 Å². The van der Waals surface area contributed by atoms with Crippen molar-refractivity contribution in [2.45, 2.75) is 0 Å². The van der Waals surface area contributed by atoms with Crippen LogP contribution in [0.15, 0.2) is 73.3 Å². The van der Waals surface area contributed by atoms with E-state index in [0.29, 0.717) is 17.0 Å². The second-order valence-electron chi connectivity index (χ2n) is 7.62. The van der Waals surface area contributed by atoms with Gasteiger partial charge >= 0.3 is 0 Å². The Kier molecular flexibility index (Phi) is 4.36. The molecular weight excluding hydrogens is 419 g/mol. The van der Waals surface area contributed by atoms with E-state index in [9.17, 15) is 4.39 Å². The number of aromatic nitrogens is 6. The summed E-state index contributed by atoms with van der Waals surface area (Å²) in [6.07, 6.45) is 6.91. The van der Waals surface area contributed by atoms with Gasteiger partial charge in [0.25, 0.3) is 0 Å². The molecule has 0 amide bonds. The molecule has 0 aliphatic carbocycles. The summed E-state index contributed by atoms with van der Waals surface area (Å²) in [5, 5.41) is 9.23. The number of nitrogens with one attached hydrogen (secondary N) is 2. The Bertz CT molecular complexity index is 1640. The Hall–Kier alpha value is -4.59. The van der Waals surface area contributed by atoms with Crippen LogP contribution in [0.4, 0.5) is 4.39 Å². The highest BCUT2D eigenvalue weighted by molar-refractivity contribution is 5.99. The molecule has 0 saturated carbocycles. The standard InChI is InChI=1S/C25H17FN6O/c1-33-18-8-15(11-27-13-18)16-9-21-23(31-32-25(21)29-12-16)22-10-20-19(5-6-28-24(20)30-22)14-3-2-4-17(26)7-14/h2-13H,1H3,(H,28,30)(H,29,31,32). The van der Waals surface area contributed by atoms with Gasteiger partial charge in [0.15, 0.2) is 5.65 Å². The van der Waals surface area contributed by atoms with Gasteiger partial charge in [-0.3, -0.25) is 10.1 Å². The van der Waals surface area contributed by atoms with Crippen LogP contribution in [0, 0.1) is 5.82 Å². The molecule has 0 bridgehead atoms. The summed E-state index contributed by atoms with van der Waals surface area (Å²) >= 11 is 0. The van der Waals surface area contributed by atoms with Crippen molar-refractivity contribution in [3.8, 4) is 39.4 Å². The first kappa shape index (κ1) is 19.1. The number of rotatable bonds is 4. The van der Waals surface area contributed by atoms with Crippen LogP contribution in [0.5, 0.6) is 5.75 Å². The molecule has 33 heavy (non-hydrogen) atoms. The third-order valence-electron chi connectivity index (χ3n) is 5.62. The predicted octanol–water partition coefficient (Wildman–Crippen LogP) is 5.38. The molecule has 0 fully saturated rings. The van der Waals surface area contributed by atoms with E-state index in [1.54, 1.807) is 38.0 Å². The molecule has 6 rings (SSSR count). The zero-order chi connectivity index (χ0) is 22.4. The van der Waals surface area contributed by atoms with Gasteiger partial charge in [0.05, 0.1) is 19.0 Å². The van der Waals surface area contributed by atoms with Gasteiger partial charge < -0.3 is 9.72 Å². The molecule has 0 radical (unpaired) electrons. The van der Waals surface area contributed by atoms with Gasteiger partial charge in [-0.1, -0.05) is 12.1 Å². The van der Waals surface area contributed by atoms with Crippen LogP contribution in [-0.2, 0) is 0 Å². The summed E-state index contributed by atoms with van der Waals surface area (Å²) in [4.78, 5) is 16.6. The Morgan fingerprint density at radius 3 is 2.64 bits per heavy atom. The number of hydrogen-bond acceptors (Lipinski definition) is 5. The lowest BCUT2D eigenvalue weighted by molar-refractivity contribution is 0.413. The second kappa shape index (κ2) is 7.52. The molecule has 7 nitrogen and oxygen atoms in total. The van der Waals surface area contributed by atoms with Crippen LogP contribution in [0.3, 0.4) is 0 Å². The molecule has 0 aliphatic heterocycles. The number of aromatic amines is 2. The fraction of sp³-hybridized carbons (Fsp3) is 0.0400. The highest BCUT2D eigenvalue weighted by Crippen LogP contribution is 2.34. The number of hydrogen-bond donors (Lipinski definition) is 2. The topological polar surface area (TPSA) is 92.4 Å². The summed E-state index contributed by atoms with van der Waals surface area (Å²) < 4.78 is 19.1. The number of nitrogens with zero attached hydrogens (tertiary/aromatic N) is 4. The fourth-order valence-electron chi connectivity index (χ4n) is 4.02. The molecule has 6 aromatic rings. The Labute approximate surface area is 187 Å². The predicted molar refractivity (Wildman–Crippen MR) is 124 cm³/mol. The molecule has 160 valence electrons. The summed E-state index contributed by atoms with van der Waals surface area (Å²) in [6, 6.07) is 14.3. The smallest absolute Gasteiger partial charge is 0.155 e. The molecular formula is C25H17FN6O. The number of pyridine rings is 3. The van der Waals surface area contributed by atoms with Gasteiger partial charge in [-0.15, -0.1) is 0 Å². The van der Waals surface area contributed by atoms with Crippen LogP contribution in [-0.4, -0.2) is 37.2 Å². The molecule has 1 aromatic carbocycles. The minimum Gasteiger partial charge on any atom is -0.495 e. The highest BCUT2D eigenvalue weighted by Gasteiger charge is 2.16. The van der Waals surface area contributed by atoms with E-state index in [1.807, 2.05) is 30.3 Å². The van der Waals surface area contributed by atoms with Gasteiger partial charge in [-0.25, -0.2) is 14.4 Å². The van der Waals surface area contributed by atoms with Crippen LogP contribution < -0.4 is 4.74 Å². The fourth-order valence-corrected chi connectivity index (χ4v) is 4.02. The number of H-pyrrole nitrogens is 2. The van der Waals surface area contributed by atoms with E-state index in [4.69, 9.17) is 4.74 Å². The lowest BCUT2D eigenvalue weighted by Gasteiger charge is -2.04. The Morgan fingerprint density at radius 1 is 0.848 bits per heavy atom. The van der Waals surface area contributed by atoms with Crippen molar-refractivity contribution in [1.82, 2.24) is 30.1 Å².